The largest absolute Gasteiger partial charge is 0.480 e. The van der Waals surface area contributed by atoms with Crippen LogP contribution in [0.3, 0.4) is 0 Å². The van der Waals surface area contributed by atoms with Crippen LogP contribution >= 0.6 is 11.8 Å². The highest BCUT2D eigenvalue weighted by atomic mass is 32.2. The Labute approximate surface area is 128 Å². The number of carboxylic acid groups (broad SMARTS) is 1. The van der Waals surface area contributed by atoms with Gasteiger partial charge in [-0.2, -0.15) is 0 Å². The van der Waals surface area contributed by atoms with Gasteiger partial charge in [-0.25, -0.2) is 0 Å². The lowest BCUT2D eigenvalue weighted by molar-refractivity contribution is -0.136. The van der Waals surface area contributed by atoms with Crippen LogP contribution in [0.25, 0.3) is 0 Å². The van der Waals surface area contributed by atoms with Crippen LogP contribution in [0.1, 0.15) is 30.1 Å². The van der Waals surface area contributed by atoms with Crippen molar-refractivity contribution in [1.82, 2.24) is 4.90 Å². The highest BCUT2D eigenvalue weighted by Crippen LogP contribution is 2.28. The monoisotopic (exact) mass is 305 g/mol. The molecule has 0 spiro atoms. The fourth-order valence-electron chi connectivity index (χ4n) is 2.18. The molecule has 1 unspecified atom stereocenters. The van der Waals surface area contributed by atoms with Gasteiger partial charge in [0.15, 0.2) is 0 Å². The van der Waals surface area contributed by atoms with Crippen molar-refractivity contribution in [2.75, 3.05) is 13.1 Å². The normalized spacial score (nSPS) is 16.6. The van der Waals surface area contributed by atoms with Crippen LogP contribution in [0.15, 0.2) is 41.3 Å². The maximum atomic E-state index is 12.6. The number of benzene rings is 1. The first-order valence-electron chi connectivity index (χ1n) is 6.93. The van der Waals surface area contributed by atoms with Gasteiger partial charge in [0.05, 0.1) is 5.56 Å². The van der Waals surface area contributed by atoms with Crippen molar-refractivity contribution in [3.8, 4) is 0 Å². The number of carboxylic acids is 1. The molecule has 4 nitrogen and oxygen atoms in total. The van der Waals surface area contributed by atoms with E-state index in [1.807, 2.05) is 17.0 Å². The van der Waals surface area contributed by atoms with E-state index in [0.29, 0.717) is 18.7 Å². The zero-order chi connectivity index (χ0) is 15.4. The van der Waals surface area contributed by atoms with Gasteiger partial charge in [-0.15, -0.1) is 11.8 Å². The maximum absolute atomic E-state index is 12.6. The van der Waals surface area contributed by atoms with Crippen molar-refractivity contribution in [3.05, 3.63) is 42.0 Å². The summed E-state index contributed by atoms with van der Waals surface area (Å²) in [6.45, 7) is 6.95. The Kier molecular flexibility index (Phi) is 5.07. The van der Waals surface area contributed by atoms with Crippen molar-refractivity contribution in [1.29, 1.82) is 0 Å². The molecule has 1 saturated heterocycles. The number of likely N-dealkylation sites (tertiary alicyclic amines) is 1. The summed E-state index contributed by atoms with van der Waals surface area (Å²) in [5.74, 6) is -0.903. The minimum absolute atomic E-state index is 0.0248. The van der Waals surface area contributed by atoms with Gasteiger partial charge in [0, 0.05) is 18.0 Å². The molecule has 1 N–H and O–H groups in total. The SMILES string of the molecule is C=C1CCN(C(=O)c2ccccc2SC(C)C(=O)O)CC1. The molecule has 1 aliphatic heterocycles. The summed E-state index contributed by atoms with van der Waals surface area (Å²) < 4.78 is 0. The molecule has 21 heavy (non-hydrogen) atoms. The predicted octanol–water partition coefficient (Wildman–Crippen LogP) is 3.04. The molecule has 1 amide bonds. The lowest BCUT2D eigenvalue weighted by Crippen LogP contribution is -2.36. The van der Waals surface area contributed by atoms with Gasteiger partial charge < -0.3 is 10.0 Å². The number of carbonyl (C=O) groups is 2. The summed E-state index contributed by atoms with van der Waals surface area (Å²) in [5, 5.41) is 8.44. The first-order chi connectivity index (χ1) is 9.99. The van der Waals surface area contributed by atoms with Gasteiger partial charge in [0.25, 0.3) is 5.91 Å². The average molecular weight is 305 g/mol. The summed E-state index contributed by atoms with van der Waals surface area (Å²) in [4.78, 5) is 26.2. The van der Waals surface area contributed by atoms with E-state index < -0.39 is 11.2 Å². The molecule has 0 saturated carbocycles. The first-order valence-corrected chi connectivity index (χ1v) is 7.81. The number of carbonyl (C=O) groups excluding carboxylic acids is 1. The molecule has 1 heterocycles. The third-order valence-corrected chi connectivity index (χ3v) is 4.69. The Morgan fingerprint density at radius 1 is 1.29 bits per heavy atom. The van der Waals surface area contributed by atoms with Crippen LogP contribution in [-0.2, 0) is 4.79 Å². The van der Waals surface area contributed by atoms with E-state index in [4.69, 9.17) is 5.11 Å². The lowest BCUT2D eigenvalue weighted by Gasteiger charge is -2.28. The van der Waals surface area contributed by atoms with Crippen LogP contribution in [0.4, 0.5) is 0 Å². The molecule has 1 aromatic carbocycles. The molecule has 1 aliphatic rings. The summed E-state index contributed by atoms with van der Waals surface area (Å²) in [6, 6.07) is 7.21. The van der Waals surface area contributed by atoms with Gasteiger partial charge in [-0.1, -0.05) is 24.3 Å². The Bertz CT molecular complexity index is 560. The molecule has 0 radical (unpaired) electrons. The van der Waals surface area contributed by atoms with Crippen LogP contribution in [0.2, 0.25) is 0 Å². The van der Waals surface area contributed by atoms with E-state index in [0.717, 1.165) is 17.7 Å². The fraction of sp³-hybridized carbons (Fsp3) is 0.375. The number of aliphatic carboxylic acids is 1. The summed E-state index contributed by atoms with van der Waals surface area (Å²) in [6.07, 6.45) is 1.68. The van der Waals surface area contributed by atoms with Crippen molar-refractivity contribution < 1.29 is 14.7 Å². The number of thioether (sulfide) groups is 1. The molecule has 1 atom stereocenters. The van der Waals surface area contributed by atoms with Crippen LogP contribution in [0.5, 0.6) is 0 Å². The molecule has 0 bridgehead atoms. The minimum atomic E-state index is -0.878. The minimum Gasteiger partial charge on any atom is -0.480 e. The fourth-order valence-corrected chi connectivity index (χ4v) is 3.10. The van der Waals surface area contributed by atoms with Crippen molar-refractivity contribution in [2.45, 2.75) is 29.9 Å². The summed E-state index contributed by atoms with van der Waals surface area (Å²) in [5.41, 5.74) is 1.77. The second-order valence-electron chi connectivity index (χ2n) is 5.14. The third-order valence-electron chi connectivity index (χ3n) is 3.53. The quantitative estimate of drug-likeness (QED) is 0.686. The standard InChI is InChI=1S/C16H19NO3S/c1-11-7-9-17(10-8-11)15(18)13-5-3-4-6-14(13)21-12(2)16(19)20/h3-6,12H,1,7-10H2,2H3,(H,19,20). The Morgan fingerprint density at radius 2 is 1.90 bits per heavy atom. The zero-order valence-electron chi connectivity index (χ0n) is 12.0. The number of hydrogen-bond donors (Lipinski definition) is 1. The smallest absolute Gasteiger partial charge is 0.316 e. The van der Waals surface area contributed by atoms with Crippen molar-refractivity contribution >= 4 is 23.6 Å². The first kappa shape index (κ1) is 15.6. The Morgan fingerprint density at radius 3 is 2.52 bits per heavy atom. The molecular formula is C16H19NO3S. The van der Waals surface area contributed by atoms with Gasteiger partial charge in [0.1, 0.15) is 5.25 Å². The molecule has 0 aliphatic carbocycles. The van der Waals surface area contributed by atoms with Gasteiger partial charge in [-0.05, 0) is 31.9 Å². The molecule has 1 fully saturated rings. The highest BCUT2D eigenvalue weighted by Gasteiger charge is 2.23. The lowest BCUT2D eigenvalue weighted by atomic mass is 10.0. The number of amides is 1. The zero-order valence-corrected chi connectivity index (χ0v) is 12.9. The molecule has 5 heteroatoms. The van der Waals surface area contributed by atoms with E-state index in [1.165, 1.54) is 17.3 Å². The van der Waals surface area contributed by atoms with Crippen LogP contribution in [-0.4, -0.2) is 40.2 Å². The molecule has 112 valence electrons. The van der Waals surface area contributed by atoms with E-state index in [9.17, 15) is 9.59 Å². The topological polar surface area (TPSA) is 57.6 Å². The van der Waals surface area contributed by atoms with E-state index in [1.54, 1.807) is 19.1 Å². The number of rotatable bonds is 4. The number of nitrogens with zero attached hydrogens (tertiary/aromatic N) is 1. The Balaban J connectivity index is 2.17. The van der Waals surface area contributed by atoms with Crippen molar-refractivity contribution in [2.24, 2.45) is 0 Å². The second kappa shape index (κ2) is 6.80. The molecular weight excluding hydrogens is 286 g/mol. The molecule has 0 aromatic heterocycles. The number of piperidine rings is 1. The van der Waals surface area contributed by atoms with E-state index in [-0.39, 0.29) is 5.91 Å². The average Bonchev–Trinajstić information content (AvgIpc) is 2.47. The third kappa shape index (κ3) is 3.88. The molecule has 1 aromatic rings. The second-order valence-corrected chi connectivity index (χ2v) is 6.52. The van der Waals surface area contributed by atoms with Gasteiger partial charge in [0.2, 0.25) is 0 Å². The summed E-state index contributed by atoms with van der Waals surface area (Å²) >= 11 is 1.21. The van der Waals surface area contributed by atoms with E-state index in [2.05, 4.69) is 6.58 Å². The molecule has 2 rings (SSSR count). The maximum Gasteiger partial charge on any atom is 0.316 e. The highest BCUT2D eigenvalue weighted by molar-refractivity contribution is 8.00. The Hall–Kier alpha value is -1.75. The van der Waals surface area contributed by atoms with E-state index >= 15 is 0 Å². The van der Waals surface area contributed by atoms with Crippen molar-refractivity contribution in [3.63, 3.8) is 0 Å². The number of hydrogen-bond acceptors (Lipinski definition) is 3. The van der Waals surface area contributed by atoms with Gasteiger partial charge in [-0.3, -0.25) is 9.59 Å². The predicted molar refractivity (Wildman–Crippen MR) is 83.7 cm³/mol. The summed E-state index contributed by atoms with van der Waals surface area (Å²) in [7, 11) is 0. The van der Waals surface area contributed by atoms with Crippen LogP contribution in [0, 0.1) is 0 Å². The van der Waals surface area contributed by atoms with Crippen LogP contribution < -0.4 is 0 Å². The van der Waals surface area contributed by atoms with Gasteiger partial charge >= 0.3 is 5.97 Å².